The van der Waals surface area contributed by atoms with E-state index in [-0.39, 0.29) is 0 Å². The predicted molar refractivity (Wildman–Crippen MR) is 72.1 cm³/mol. The maximum absolute atomic E-state index is 4.61. The third kappa shape index (κ3) is 2.44. The number of aliphatic imine (C=N–C) groups is 1. The van der Waals surface area contributed by atoms with Crippen LogP contribution in [0.5, 0.6) is 0 Å². The van der Waals surface area contributed by atoms with Crippen LogP contribution in [-0.4, -0.2) is 6.21 Å². The second-order valence-electron chi connectivity index (χ2n) is 4.50. The van der Waals surface area contributed by atoms with Crippen LogP contribution in [0.3, 0.4) is 0 Å². The van der Waals surface area contributed by atoms with E-state index in [9.17, 15) is 0 Å². The topological polar surface area (TPSA) is 12.4 Å². The molecule has 0 N–H and O–H groups in total. The summed E-state index contributed by atoms with van der Waals surface area (Å²) in [6.07, 6.45) is 4.58. The van der Waals surface area contributed by atoms with E-state index in [0.29, 0.717) is 0 Å². The molecular weight excluding hydrogens is 206 g/mol. The average molecular weight is 221 g/mol. The summed E-state index contributed by atoms with van der Waals surface area (Å²) in [4.78, 5) is 4.61. The molecule has 0 aromatic heterocycles. The Kier molecular flexibility index (Phi) is 2.74. The molecule has 2 aromatic rings. The first kappa shape index (κ1) is 10.3. The van der Waals surface area contributed by atoms with Gasteiger partial charge in [0.05, 0.1) is 5.69 Å². The highest BCUT2D eigenvalue weighted by Crippen LogP contribution is 2.44. The van der Waals surface area contributed by atoms with Crippen LogP contribution in [-0.2, 0) is 0 Å². The van der Waals surface area contributed by atoms with E-state index in [1.807, 2.05) is 24.4 Å². The molecule has 0 unspecified atom stereocenters. The van der Waals surface area contributed by atoms with E-state index in [1.54, 1.807) is 0 Å². The van der Waals surface area contributed by atoms with Crippen molar-refractivity contribution in [1.82, 2.24) is 0 Å². The van der Waals surface area contributed by atoms with Crippen molar-refractivity contribution in [2.45, 2.75) is 18.8 Å². The molecule has 2 aromatic carbocycles. The predicted octanol–water partition coefficient (Wildman–Crippen LogP) is 4.31. The molecule has 0 spiro atoms. The van der Waals surface area contributed by atoms with Crippen molar-refractivity contribution in [1.29, 1.82) is 0 Å². The number of para-hydroxylation sites is 1. The Morgan fingerprint density at radius 3 is 2.35 bits per heavy atom. The first-order valence-electron chi connectivity index (χ1n) is 6.11. The van der Waals surface area contributed by atoms with Crippen LogP contribution in [0.2, 0.25) is 0 Å². The van der Waals surface area contributed by atoms with Crippen LogP contribution in [0, 0.1) is 0 Å². The fraction of sp³-hybridized carbons (Fsp3) is 0.188. The Balaban J connectivity index is 1.87. The van der Waals surface area contributed by atoms with Gasteiger partial charge in [-0.1, -0.05) is 48.5 Å². The maximum atomic E-state index is 4.61. The summed E-state index contributed by atoms with van der Waals surface area (Å²) >= 11 is 0. The molecule has 1 saturated carbocycles. The van der Waals surface area contributed by atoms with Gasteiger partial charge in [0.2, 0.25) is 0 Å². The zero-order valence-corrected chi connectivity index (χ0v) is 9.71. The third-order valence-corrected chi connectivity index (χ3v) is 3.11. The van der Waals surface area contributed by atoms with Crippen LogP contribution in [0.15, 0.2) is 59.6 Å². The van der Waals surface area contributed by atoms with Crippen LogP contribution in [0.1, 0.15) is 29.9 Å². The normalized spacial score (nSPS) is 15.3. The minimum atomic E-state index is 0.749. The quantitative estimate of drug-likeness (QED) is 0.685. The average Bonchev–Trinajstić information content (AvgIpc) is 3.22. The zero-order valence-electron chi connectivity index (χ0n) is 9.71. The first-order valence-corrected chi connectivity index (χ1v) is 6.11. The SMILES string of the molecule is C(=Nc1ccccc1C1CC1)c1ccccc1. The number of benzene rings is 2. The molecule has 0 saturated heterocycles. The number of hydrogen-bond donors (Lipinski definition) is 0. The van der Waals surface area contributed by atoms with E-state index in [0.717, 1.165) is 17.2 Å². The lowest BCUT2D eigenvalue weighted by molar-refractivity contribution is 1.12. The second kappa shape index (κ2) is 4.54. The van der Waals surface area contributed by atoms with Gasteiger partial charge >= 0.3 is 0 Å². The van der Waals surface area contributed by atoms with E-state index in [1.165, 1.54) is 18.4 Å². The van der Waals surface area contributed by atoms with Gasteiger partial charge in [-0.2, -0.15) is 0 Å². The molecule has 17 heavy (non-hydrogen) atoms. The van der Waals surface area contributed by atoms with E-state index in [2.05, 4.69) is 41.4 Å². The van der Waals surface area contributed by atoms with Crippen LogP contribution >= 0.6 is 0 Å². The Labute approximate surface area is 102 Å². The van der Waals surface area contributed by atoms with Crippen LogP contribution in [0.4, 0.5) is 5.69 Å². The van der Waals surface area contributed by atoms with E-state index < -0.39 is 0 Å². The maximum Gasteiger partial charge on any atom is 0.0664 e. The molecule has 0 atom stereocenters. The Morgan fingerprint density at radius 2 is 1.59 bits per heavy atom. The monoisotopic (exact) mass is 221 g/mol. The molecular formula is C16H15N. The zero-order chi connectivity index (χ0) is 11.5. The van der Waals surface area contributed by atoms with Gasteiger partial charge < -0.3 is 0 Å². The fourth-order valence-corrected chi connectivity index (χ4v) is 2.03. The van der Waals surface area contributed by atoms with Crippen molar-refractivity contribution in [3.8, 4) is 0 Å². The molecule has 1 heteroatoms. The highest BCUT2D eigenvalue weighted by Gasteiger charge is 2.25. The van der Waals surface area contributed by atoms with Crippen molar-refractivity contribution in [3.05, 3.63) is 65.7 Å². The van der Waals surface area contributed by atoms with Gasteiger partial charge in [-0.05, 0) is 36.0 Å². The Bertz CT molecular complexity index is 524. The van der Waals surface area contributed by atoms with Crippen molar-refractivity contribution < 1.29 is 0 Å². The summed E-state index contributed by atoms with van der Waals surface area (Å²) in [5, 5.41) is 0. The molecule has 0 radical (unpaired) electrons. The largest absolute Gasteiger partial charge is 0.256 e. The second-order valence-corrected chi connectivity index (χ2v) is 4.50. The Morgan fingerprint density at radius 1 is 0.882 bits per heavy atom. The first-order chi connectivity index (χ1) is 8.43. The lowest BCUT2D eigenvalue weighted by atomic mass is 10.1. The molecule has 0 heterocycles. The van der Waals surface area contributed by atoms with Gasteiger partial charge in [-0.15, -0.1) is 0 Å². The molecule has 84 valence electrons. The molecule has 0 amide bonds. The molecule has 1 fully saturated rings. The van der Waals surface area contributed by atoms with Gasteiger partial charge in [0.1, 0.15) is 0 Å². The van der Waals surface area contributed by atoms with Crippen LogP contribution < -0.4 is 0 Å². The van der Waals surface area contributed by atoms with Crippen LogP contribution in [0.25, 0.3) is 0 Å². The molecule has 0 bridgehead atoms. The van der Waals surface area contributed by atoms with Crippen molar-refractivity contribution in [3.63, 3.8) is 0 Å². The summed E-state index contributed by atoms with van der Waals surface area (Å²) < 4.78 is 0. The minimum absolute atomic E-state index is 0.749. The lowest BCUT2D eigenvalue weighted by Crippen LogP contribution is -1.82. The van der Waals surface area contributed by atoms with Crippen molar-refractivity contribution in [2.24, 2.45) is 4.99 Å². The van der Waals surface area contributed by atoms with Crippen molar-refractivity contribution >= 4 is 11.9 Å². The lowest BCUT2D eigenvalue weighted by Gasteiger charge is -2.02. The third-order valence-electron chi connectivity index (χ3n) is 3.11. The van der Waals surface area contributed by atoms with E-state index in [4.69, 9.17) is 0 Å². The molecule has 1 aliphatic carbocycles. The summed E-state index contributed by atoms with van der Waals surface area (Å²) in [5.74, 6) is 0.749. The highest BCUT2D eigenvalue weighted by molar-refractivity contribution is 5.82. The van der Waals surface area contributed by atoms with Gasteiger partial charge in [0.25, 0.3) is 0 Å². The van der Waals surface area contributed by atoms with Gasteiger partial charge in [-0.25, -0.2) is 0 Å². The van der Waals surface area contributed by atoms with Gasteiger partial charge in [0.15, 0.2) is 0 Å². The molecule has 0 aliphatic heterocycles. The summed E-state index contributed by atoms with van der Waals surface area (Å²) in [6, 6.07) is 18.7. The number of nitrogens with zero attached hydrogens (tertiary/aromatic N) is 1. The standard InChI is InChI=1S/C16H15N/c1-2-6-13(7-3-1)12-17-16-9-5-4-8-15(16)14-10-11-14/h1-9,12,14H,10-11H2. The van der Waals surface area contributed by atoms with Crippen molar-refractivity contribution in [2.75, 3.05) is 0 Å². The van der Waals surface area contributed by atoms with Gasteiger partial charge in [-0.3, -0.25) is 4.99 Å². The molecule has 3 rings (SSSR count). The number of rotatable bonds is 3. The molecule has 1 nitrogen and oxygen atoms in total. The highest BCUT2D eigenvalue weighted by atomic mass is 14.7. The Hall–Kier alpha value is -1.89. The summed E-state index contributed by atoms with van der Waals surface area (Å²) in [5.41, 5.74) is 3.68. The summed E-state index contributed by atoms with van der Waals surface area (Å²) in [7, 11) is 0. The molecule has 1 aliphatic rings. The smallest absolute Gasteiger partial charge is 0.0664 e. The number of hydrogen-bond acceptors (Lipinski definition) is 1. The fourth-order valence-electron chi connectivity index (χ4n) is 2.03. The van der Waals surface area contributed by atoms with Gasteiger partial charge in [0, 0.05) is 6.21 Å². The van der Waals surface area contributed by atoms with E-state index >= 15 is 0 Å². The minimum Gasteiger partial charge on any atom is -0.256 e. The summed E-state index contributed by atoms with van der Waals surface area (Å²) in [6.45, 7) is 0.